The lowest BCUT2D eigenvalue weighted by Crippen LogP contribution is -2.26. The molecule has 1 aliphatic heterocycles. The van der Waals surface area contributed by atoms with Crippen LogP contribution in [0.1, 0.15) is 29.8 Å². The normalized spacial score (nSPS) is 15.3. The van der Waals surface area contributed by atoms with Gasteiger partial charge in [0, 0.05) is 35.8 Å². The Morgan fingerprint density at radius 1 is 1.24 bits per heavy atom. The number of esters is 1. The number of hydrogen-bond donors (Lipinski definition) is 0. The van der Waals surface area contributed by atoms with Gasteiger partial charge in [-0.3, -0.25) is 4.79 Å². The monoisotopic (exact) mass is 391 g/mol. The van der Waals surface area contributed by atoms with Crippen LogP contribution in [0, 0.1) is 0 Å². The van der Waals surface area contributed by atoms with Gasteiger partial charge < -0.3 is 18.8 Å². The van der Waals surface area contributed by atoms with E-state index < -0.39 is 12.1 Å². The minimum atomic E-state index is -0.754. The Kier molecular flexibility index (Phi) is 4.84. The number of ketones is 1. The van der Waals surface area contributed by atoms with E-state index in [0.717, 1.165) is 16.5 Å². The quantitative estimate of drug-likeness (QED) is 0.483. The maximum absolute atomic E-state index is 12.8. The summed E-state index contributed by atoms with van der Waals surface area (Å²) in [4.78, 5) is 24.5. The van der Waals surface area contributed by atoms with Crippen molar-refractivity contribution >= 4 is 28.7 Å². The third-order valence-corrected chi connectivity index (χ3v) is 4.79. The molecule has 29 heavy (non-hydrogen) atoms. The predicted molar refractivity (Wildman–Crippen MR) is 109 cm³/mol. The molecular formula is C23H21NO5. The van der Waals surface area contributed by atoms with Crippen LogP contribution < -0.4 is 9.47 Å². The average molecular weight is 391 g/mol. The largest absolute Gasteiger partial charge is 0.479 e. The number of ether oxygens (including phenoxy) is 3. The molecular weight excluding hydrogens is 370 g/mol. The summed E-state index contributed by atoms with van der Waals surface area (Å²) in [5, 5.41) is 1.04. The summed E-state index contributed by atoms with van der Waals surface area (Å²) in [5.74, 6) is 0.477. The maximum Gasteiger partial charge on any atom is 0.347 e. The Hall–Kier alpha value is -3.54. The molecule has 1 atom stereocenters. The Bertz CT molecular complexity index is 1140. The van der Waals surface area contributed by atoms with Crippen molar-refractivity contribution in [3.8, 4) is 11.5 Å². The molecule has 0 saturated carbocycles. The van der Waals surface area contributed by atoms with Gasteiger partial charge in [0.15, 0.2) is 11.9 Å². The zero-order valence-electron chi connectivity index (χ0n) is 16.5. The van der Waals surface area contributed by atoms with E-state index in [1.54, 1.807) is 38.1 Å². The van der Waals surface area contributed by atoms with Gasteiger partial charge in [0.05, 0.1) is 12.2 Å². The molecule has 1 aliphatic rings. The fourth-order valence-corrected chi connectivity index (χ4v) is 3.38. The lowest BCUT2D eigenvalue weighted by molar-refractivity contribution is -0.150. The highest BCUT2D eigenvalue weighted by Crippen LogP contribution is 2.36. The molecule has 0 aliphatic carbocycles. The fourth-order valence-electron chi connectivity index (χ4n) is 3.38. The summed E-state index contributed by atoms with van der Waals surface area (Å²) in [7, 11) is 1.96. The van der Waals surface area contributed by atoms with Gasteiger partial charge in [-0.25, -0.2) is 4.79 Å². The van der Waals surface area contributed by atoms with E-state index in [0.29, 0.717) is 17.1 Å². The number of para-hydroxylation sites is 1. The Labute approximate surface area is 168 Å². The van der Waals surface area contributed by atoms with Gasteiger partial charge >= 0.3 is 5.97 Å². The lowest BCUT2D eigenvalue weighted by Gasteiger charge is -2.13. The third kappa shape index (κ3) is 3.49. The summed E-state index contributed by atoms with van der Waals surface area (Å²) < 4.78 is 18.4. The van der Waals surface area contributed by atoms with Crippen molar-refractivity contribution in [2.24, 2.45) is 7.05 Å². The molecule has 2 heterocycles. The van der Waals surface area contributed by atoms with Gasteiger partial charge in [-0.05, 0) is 38.1 Å². The van der Waals surface area contributed by atoms with Crippen LogP contribution in [-0.4, -0.2) is 29.0 Å². The molecule has 0 N–H and O–H groups in total. The Balaban J connectivity index is 1.60. The van der Waals surface area contributed by atoms with Gasteiger partial charge in [0.2, 0.25) is 5.78 Å². The number of fused-ring (bicyclic) bond motifs is 2. The molecule has 0 unspecified atom stereocenters. The van der Waals surface area contributed by atoms with Crippen LogP contribution >= 0.6 is 0 Å². The van der Waals surface area contributed by atoms with E-state index in [2.05, 4.69) is 0 Å². The number of carbonyl (C=O) groups is 2. The van der Waals surface area contributed by atoms with Crippen molar-refractivity contribution in [3.05, 3.63) is 65.5 Å². The van der Waals surface area contributed by atoms with Crippen molar-refractivity contribution in [2.75, 3.05) is 6.61 Å². The molecule has 0 radical (unpaired) electrons. The molecule has 2 aromatic carbocycles. The highest BCUT2D eigenvalue weighted by atomic mass is 16.6. The number of carbonyl (C=O) groups excluding carboxylic acids is 2. The molecule has 6 nitrogen and oxygen atoms in total. The van der Waals surface area contributed by atoms with E-state index in [-0.39, 0.29) is 18.1 Å². The Morgan fingerprint density at radius 3 is 2.83 bits per heavy atom. The Morgan fingerprint density at radius 2 is 2.03 bits per heavy atom. The second-order valence-electron chi connectivity index (χ2n) is 6.82. The van der Waals surface area contributed by atoms with Gasteiger partial charge in [0.1, 0.15) is 11.5 Å². The number of benzene rings is 2. The SMILES string of the molecule is CCOC(=O)[C@H](C)Oc1ccc2c(c1)O/C(=C\c1cn(C)c3ccccc13)C2=O. The zero-order valence-corrected chi connectivity index (χ0v) is 16.5. The van der Waals surface area contributed by atoms with Crippen LogP contribution in [-0.2, 0) is 16.6 Å². The molecule has 6 heteroatoms. The van der Waals surface area contributed by atoms with Crippen LogP contribution in [0.4, 0.5) is 0 Å². The van der Waals surface area contributed by atoms with Crippen LogP contribution in [0.25, 0.3) is 17.0 Å². The maximum atomic E-state index is 12.8. The van der Waals surface area contributed by atoms with E-state index in [1.165, 1.54) is 0 Å². The number of nitrogens with zero attached hydrogens (tertiary/aromatic N) is 1. The van der Waals surface area contributed by atoms with Crippen LogP contribution in [0.3, 0.4) is 0 Å². The van der Waals surface area contributed by atoms with Crippen molar-refractivity contribution in [3.63, 3.8) is 0 Å². The topological polar surface area (TPSA) is 66.8 Å². The predicted octanol–water partition coefficient (Wildman–Crippen LogP) is 4.12. The molecule has 148 valence electrons. The van der Waals surface area contributed by atoms with Crippen molar-refractivity contribution < 1.29 is 23.8 Å². The summed E-state index contributed by atoms with van der Waals surface area (Å²) in [6.45, 7) is 3.64. The van der Waals surface area contributed by atoms with E-state index in [9.17, 15) is 9.59 Å². The summed E-state index contributed by atoms with van der Waals surface area (Å²) in [6.07, 6.45) is 2.97. The lowest BCUT2D eigenvalue weighted by atomic mass is 10.1. The van der Waals surface area contributed by atoms with Crippen LogP contribution in [0.5, 0.6) is 11.5 Å². The van der Waals surface area contributed by atoms with Gasteiger partial charge in [-0.2, -0.15) is 0 Å². The summed E-state index contributed by atoms with van der Waals surface area (Å²) >= 11 is 0. The molecule has 4 rings (SSSR count). The van der Waals surface area contributed by atoms with Gasteiger partial charge in [-0.15, -0.1) is 0 Å². The first-order chi connectivity index (χ1) is 14.0. The number of allylic oxidation sites excluding steroid dienone is 1. The molecule has 1 aromatic heterocycles. The van der Waals surface area contributed by atoms with Gasteiger partial charge in [0.25, 0.3) is 0 Å². The van der Waals surface area contributed by atoms with E-state index in [4.69, 9.17) is 14.2 Å². The molecule has 0 spiro atoms. The van der Waals surface area contributed by atoms with Crippen LogP contribution in [0.15, 0.2) is 54.4 Å². The van der Waals surface area contributed by atoms with Crippen molar-refractivity contribution in [1.29, 1.82) is 0 Å². The summed E-state index contributed by atoms with van der Waals surface area (Å²) in [5.41, 5.74) is 2.45. The number of aromatic nitrogens is 1. The molecule has 0 fully saturated rings. The van der Waals surface area contributed by atoms with Crippen molar-refractivity contribution in [1.82, 2.24) is 4.57 Å². The standard InChI is InChI=1S/C23H21NO5/c1-4-27-23(26)14(2)28-16-9-10-18-20(12-16)29-21(22(18)25)11-15-13-24(3)19-8-6-5-7-17(15)19/h5-14H,4H2,1-3H3/b21-11-/t14-/m0/s1. The fraction of sp³-hybridized carbons (Fsp3) is 0.217. The number of hydrogen-bond acceptors (Lipinski definition) is 5. The highest BCUT2D eigenvalue weighted by molar-refractivity contribution is 6.15. The third-order valence-electron chi connectivity index (χ3n) is 4.79. The van der Waals surface area contributed by atoms with E-state index >= 15 is 0 Å². The zero-order chi connectivity index (χ0) is 20.5. The molecule has 0 amide bonds. The van der Waals surface area contributed by atoms with Crippen LogP contribution in [0.2, 0.25) is 0 Å². The minimum absolute atomic E-state index is 0.182. The van der Waals surface area contributed by atoms with E-state index in [1.807, 2.05) is 42.1 Å². The minimum Gasteiger partial charge on any atom is -0.479 e. The first kappa shape index (κ1) is 18.8. The highest BCUT2D eigenvalue weighted by Gasteiger charge is 2.28. The molecule has 0 bridgehead atoms. The molecule has 0 saturated heterocycles. The number of rotatable bonds is 5. The summed E-state index contributed by atoms with van der Waals surface area (Å²) in [6, 6.07) is 12.9. The van der Waals surface area contributed by atoms with Crippen molar-refractivity contribution in [2.45, 2.75) is 20.0 Å². The number of Topliss-reactive ketones (excluding diaryl/α,β-unsaturated/α-hetero) is 1. The smallest absolute Gasteiger partial charge is 0.347 e. The first-order valence-corrected chi connectivity index (χ1v) is 9.43. The van der Waals surface area contributed by atoms with Gasteiger partial charge in [-0.1, -0.05) is 18.2 Å². The molecule has 3 aromatic rings. The average Bonchev–Trinajstić information content (AvgIpc) is 3.19. The first-order valence-electron chi connectivity index (χ1n) is 9.43. The number of aryl methyl sites for hydroxylation is 1. The second-order valence-corrected chi connectivity index (χ2v) is 6.82. The second kappa shape index (κ2) is 7.47.